The highest BCUT2D eigenvalue weighted by Gasteiger charge is 2.29. The number of nitrogens with one attached hydrogen (secondary N) is 3. The van der Waals surface area contributed by atoms with Gasteiger partial charge in [0.05, 0.1) is 40.2 Å². The molecule has 11 heteroatoms. The molecular formula is C33H40N4O7. The zero-order valence-electron chi connectivity index (χ0n) is 25.9. The van der Waals surface area contributed by atoms with Gasteiger partial charge in [0.2, 0.25) is 28.9 Å². The summed E-state index contributed by atoms with van der Waals surface area (Å²) in [6, 6.07) is 10.3. The lowest BCUT2D eigenvalue weighted by Gasteiger charge is -2.19. The van der Waals surface area contributed by atoms with E-state index < -0.39 is 0 Å². The molecule has 1 heterocycles. The van der Waals surface area contributed by atoms with E-state index in [2.05, 4.69) is 20.9 Å². The normalized spacial score (nSPS) is 13.4. The summed E-state index contributed by atoms with van der Waals surface area (Å²) in [6.45, 7) is 2.03. The number of nitrogens with zero attached hydrogens (tertiary/aromatic N) is 1. The second-order valence-electron chi connectivity index (χ2n) is 10.4. The molecule has 1 unspecified atom stereocenters. The Balaban J connectivity index is 1.50. The number of carbonyl (C=O) groups is 2. The van der Waals surface area contributed by atoms with Crippen LogP contribution < -0.4 is 40.3 Å². The molecule has 11 nitrogen and oxygen atoms in total. The number of benzene rings is 1. The summed E-state index contributed by atoms with van der Waals surface area (Å²) in [6.07, 6.45) is 5.43. The minimum atomic E-state index is -0.373. The maximum absolute atomic E-state index is 13.4. The summed E-state index contributed by atoms with van der Waals surface area (Å²) < 4.78 is 22.2. The Kier molecular flexibility index (Phi) is 11.0. The van der Waals surface area contributed by atoms with Gasteiger partial charge in [-0.05, 0) is 72.7 Å². The van der Waals surface area contributed by atoms with Gasteiger partial charge in [-0.3, -0.25) is 14.4 Å². The Hall–Kier alpha value is -4.80. The molecule has 3 aromatic rings. The van der Waals surface area contributed by atoms with Crippen LogP contribution in [0.15, 0.2) is 47.4 Å². The molecule has 3 N–H and O–H groups in total. The van der Waals surface area contributed by atoms with E-state index in [4.69, 9.17) is 18.9 Å². The smallest absolute Gasteiger partial charge is 0.237 e. The fourth-order valence-electron chi connectivity index (χ4n) is 5.53. The average Bonchev–Trinajstić information content (AvgIpc) is 3.26. The van der Waals surface area contributed by atoms with Crippen molar-refractivity contribution in [1.29, 1.82) is 0 Å². The van der Waals surface area contributed by atoms with Crippen LogP contribution in [0, 0.1) is 0 Å². The van der Waals surface area contributed by atoms with Gasteiger partial charge < -0.3 is 34.9 Å². The van der Waals surface area contributed by atoms with Gasteiger partial charge in [-0.25, -0.2) is 4.98 Å². The van der Waals surface area contributed by atoms with Crippen LogP contribution in [0.3, 0.4) is 0 Å². The fourth-order valence-corrected chi connectivity index (χ4v) is 5.53. The highest BCUT2D eigenvalue weighted by atomic mass is 16.5. The zero-order valence-corrected chi connectivity index (χ0v) is 25.9. The first kappa shape index (κ1) is 32.1. The van der Waals surface area contributed by atoms with Crippen LogP contribution in [0.4, 0.5) is 11.4 Å². The minimum Gasteiger partial charge on any atom is -0.493 e. The van der Waals surface area contributed by atoms with Crippen molar-refractivity contribution >= 4 is 23.2 Å². The van der Waals surface area contributed by atoms with Crippen molar-refractivity contribution in [3.8, 4) is 34.3 Å². The number of aromatic nitrogens is 1. The first-order valence-electron chi connectivity index (χ1n) is 14.6. The SMILES string of the molecule is COc1cc2c(c(OC)c1OC)-c1ccc(NCCCCCC(=O)Nc3cccnc3OC)c(=O)cc1C(NC(C)=O)CC2. The number of ether oxygens (including phenoxy) is 4. The second kappa shape index (κ2) is 15.1. The monoisotopic (exact) mass is 604 g/mol. The van der Waals surface area contributed by atoms with Gasteiger partial charge in [-0.2, -0.15) is 0 Å². The summed E-state index contributed by atoms with van der Waals surface area (Å²) in [5, 5.41) is 9.11. The molecule has 1 atom stereocenters. The van der Waals surface area contributed by atoms with Crippen molar-refractivity contribution in [2.45, 2.75) is 51.5 Å². The number of methoxy groups -OCH3 is 4. The average molecular weight is 605 g/mol. The van der Waals surface area contributed by atoms with E-state index in [1.165, 1.54) is 14.0 Å². The van der Waals surface area contributed by atoms with E-state index in [-0.39, 0.29) is 23.3 Å². The molecule has 0 saturated carbocycles. The van der Waals surface area contributed by atoms with Crippen LogP contribution in [-0.2, 0) is 16.0 Å². The van der Waals surface area contributed by atoms with Crippen molar-refractivity contribution in [2.24, 2.45) is 0 Å². The molecule has 0 bridgehead atoms. The largest absolute Gasteiger partial charge is 0.493 e. The lowest BCUT2D eigenvalue weighted by molar-refractivity contribution is -0.119. The van der Waals surface area contributed by atoms with Crippen LogP contribution in [-0.4, -0.2) is 51.8 Å². The Morgan fingerprint density at radius 1 is 0.932 bits per heavy atom. The van der Waals surface area contributed by atoms with Crippen molar-refractivity contribution in [3.63, 3.8) is 0 Å². The highest BCUT2D eigenvalue weighted by molar-refractivity contribution is 5.91. The third kappa shape index (κ3) is 7.39. The van der Waals surface area contributed by atoms with E-state index in [0.29, 0.717) is 72.3 Å². The number of aryl methyl sites for hydroxylation is 1. The summed E-state index contributed by atoms with van der Waals surface area (Å²) in [5.41, 5.74) is 4.05. The molecule has 0 fully saturated rings. The van der Waals surface area contributed by atoms with Crippen molar-refractivity contribution in [1.82, 2.24) is 10.3 Å². The Labute approximate surface area is 257 Å². The number of rotatable bonds is 13. The van der Waals surface area contributed by atoms with E-state index in [0.717, 1.165) is 29.5 Å². The molecule has 0 radical (unpaired) electrons. The summed E-state index contributed by atoms with van der Waals surface area (Å²) in [7, 11) is 6.21. The Morgan fingerprint density at radius 2 is 1.73 bits per heavy atom. The summed E-state index contributed by atoms with van der Waals surface area (Å²) in [4.78, 5) is 42.0. The number of fused-ring (bicyclic) bond motifs is 3. The molecular weight excluding hydrogens is 564 g/mol. The maximum Gasteiger partial charge on any atom is 0.237 e. The predicted octanol–water partition coefficient (Wildman–Crippen LogP) is 4.88. The molecule has 44 heavy (non-hydrogen) atoms. The number of amides is 2. The molecule has 4 rings (SSSR count). The van der Waals surface area contributed by atoms with Crippen LogP contribution in [0.5, 0.6) is 23.1 Å². The number of anilines is 2. The first-order valence-corrected chi connectivity index (χ1v) is 14.6. The Bertz CT molecular complexity index is 1560. The van der Waals surface area contributed by atoms with Gasteiger partial charge in [-0.1, -0.05) is 12.5 Å². The molecule has 0 spiro atoms. The first-order chi connectivity index (χ1) is 21.3. The van der Waals surface area contributed by atoms with Crippen molar-refractivity contribution in [2.75, 3.05) is 45.6 Å². The Morgan fingerprint density at radius 3 is 2.43 bits per heavy atom. The van der Waals surface area contributed by atoms with Gasteiger partial charge in [-0.15, -0.1) is 0 Å². The molecule has 2 aromatic carbocycles. The summed E-state index contributed by atoms with van der Waals surface area (Å²) >= 11 is 0. The van der Waals surface area contributed by atoms with Gasteiger partial charge in [0.1, 0.15) is 5.69 Å². The van der Waals surface area contributed by atoms with Gasteiger partial charge in [0.15, 0.2) is 11.5 Å². The molecule has 1 aliphatic carbocycles. The lowest BCUT2D eigenvalue weighted by atomic mass is 9.95. The van der Waals surface area contributed by atoms with Crippen LogP contribution >= 0.6 is 0 Å². The topological polar surface area (TPSA) is 137 Å². The number of hydrogen-bond donors (Lipinski definition) is 3. The second-order valence-corrected chi connectivity index (χ2v) is 10.4. The van der Waals surface area contributed by atoms with Gasteiger partial charge in [0, 0.05) is 31.6 Å². The van der Waals surface area contributed by atoms with E-state index in [1.54, 1.807) is 51.8 Å². The van der Waals surface area contributed by atoms with Crippen LogP contribution in [0.1, 0.15) is 56.2 Å². The fraction of sp³-hybridized carbons (Fsp3) is 0.394. The summed E-state index contributed by atoms with van der Waals surface area (Å²) in [5.74, 6) is 1.59. The number of carbonyl (C=O) groups excluding carboxylic acids is 2. The minimum absolute atomic E-state index is 0.110. The number of hydrogen-bond acceptors (Lipinski definition) is 9. The standard InChI is InChI=1S/C33H40N4O7/c1-20(38)36-24-14-12-21-18-28(41-2)31(42-3)32(43-4)30(21)22-13-15-25(27(39)19-23(22)24)34-16-8-6-7-11-29(40)37-26-10-9-17-35-33(26)44-5/h9-10,13,15,17-19,24H,6-8,11-12,14,16H2,1-5H3,(H,34,39)(H,36,38)(H,37,40). The number of unbranched alkanes of at least 4 members (excludes halogenated alkanes) is 2. The maximum atomic E-state index is 13.4. The van der Waals surface area contributed by atoms with Crippen molar-refractivity contribution < 1.29 is 28.5 Å². The molecule has 234 valence electrons. The number of pyridine rings is 1. The molecule has 1 aliphatic rings. The molecule has 1 aromatic heterocycles. The van der Waals surface area contributed by atoms with Gasteiger partial charge >= 0.3 is 0 Å². The lowest BCUT2D eigenvalue weighted by Crippen LogP contribution is -2.26. The van der Waals surface area contributed by atoms with E-state index >= 15 is 0 Å². The van der Waals surface area contributed by atoms with Crippen LogP contribution in [0.2, 0.25) is 0 Å². The third-order valence-corrected chi connectivity index (χ3v) is 7.55. The van der Waals surface area contributed by atoms with E-state index in [1.807, 2.05) is 12.1 Å². The quantitative estimate of drug-likeness (QED) is 0.233. The predicted molar refractivity (Wildman–Crippen MR) is 169 cm³/mol. The highest BCUT2D eigenvalue weighted by Crippen LogP contribution is 2.50. The van der Waals surface area contributed by atoms with Crippen molar-refractivity contribution in [3.05, 3.63) is 63.9 Å². The zero-order chi connectivity index (χ0) is 31.6. The van der Waals surface area contributed by atoms with Gasteiger partial charge in [0.25, 0.3) is 0 Å². The van der Waals surface area contributed by atoms with Crippen LogP contribution in [0.25, 0.3) is 11.1 Å². The van der Waals surface area contributed by atoms with E-state index in [9.17, 15) is 14.4 Å². The molecule has 2 amide bonds. The third-order valence-electron chi connectivity index (χ3n) is 7.55. The molecule has 0 saturated heterocycles. The molecule has 0 aliphatic heterocycles.